The first-order valence-corrected chi connectivity index (χ1v) is 13.0. The summed E-state index contributed by atoms with van der Waals surface area (Å²) in [7, 11) is -3.68. The lowest BCUT2D eigenvalue weighted by molar-refractivity contribution is -0.125. The molecule has 1 aliphatic carbocycles. The van der Waals surface area contributed by atoms with Crippen LogP contribution in [0, 0.1) is 6.92 Å². The Kier molecular flexibility index (Phi) is 7.14. The Balaban J connectivity index is 1.40. The molecule has 1 N–H and O–H groups in total. The SMILES string of the molecule is Cc1ccc(C(=O)OCC(=O)N[C@H]2CCCc3ccccc32)cc1S(=O)(=O)N1CCCCC1. The molecular formula is C25H30N2O5S. The zero-order valence-corrected chi connectivity index (χ0v) is 19.7. The number of nitrogens with zero attached hydrogens (tertiary/aromatic N) is 1. The average Bonchev–Trinajstić information content (AvgIpc) is 2.83. The lowest BCUT2D eigenvalue weighted by Crippen LogP contribution is -2.36. The fourth-order valence-corrected chi connectivity index (χ4v) is 6.37. The van der Waals surface area contributed by atoms with Crippen LogP contribution >= 0.6 is 0 Å². The third-order valence-corrected chi connectivity index (χ3v) is 8.44. The molecule has 2 aliphatic rings. The summed E-state index contributed by atoms with van der Waals surface area (Å²) >= 11 is 0. The molecule has 7 nitrogen and oxygen atoms in total. The Morgan fingerprint density at radius 1 is 1.06 bits per heavy atom. The van der Waals surface area contributed by atoms with Gasteiger partial charge in [-0.15, -0.1) is 0 Å². The average molecular weight is 471 g/mol. The van der Waals surface area contributed by atoms with E-state index in [1.54, 1.807) is 13.0 Å². The fourth-order valence-electron chi connectivity index (χ4n) is 4.60. The van der Waals surface area contributed by atoms with Crippen molar-refractivity contribution in [3.8, 4) is 0 Å². The monoisotopic (exact) mass is 470 g/mol. The molecular weight excluding hydrogens is 440 g/mol. The van der Waals surface area contributed by atoms with Crippen molar-refractivity contribution in [3.05, 3.63) is 64.7 Å². The van der Waals surface area contributed by atoms with Crippen molar-refractivity contribution in [1.82, 2.24) is 9.62 Å². The number of carbonyl (C=O) groups is 2. The van der Waals surface area contributed by atoms with Gasteiger partial charge in [0, 0.05) is 13.1 Å². The van der Waals surface area contributed by atoms with Crippen molar-refractivity contribution >= 4 is 21.9 Å². The number of hydrogen-bond acceptors (Lipinski definition) is 5. The van der Waals surface area contributed by atoms with Crippen LogP contribution in [0.25, 0.3) is 0 Å². The molecule has 33 heavy (non-hydrogen) atoms. The van der Waals surface area contributed by atoms with E-state index < -0.39 is 22.6 Å². The highest BCUT2D eigenvalue weighted by Gasteiger charge is 2.28. The van der Waals surface area contributed by atoms with Gasteiger partial charge < -0.3 is 10.1 Å². The molecule has 0 radical (unpaired) electrons. The van der Waals surface area contributed by atoms with E-state index in [4.69, 9.17) is 4.74 Å². The van der Waals surface area contributed by atoms with E-state index in [1.165, 1.54) is 22.0 Å². The topological polar surface area (TPSA) is 92.8 Å². The summed E-state index contributed by atoms with van der Waals surface area (Å²) in [6.07, 6.45) is 5.51. The molecule has 0 spiro atoms. The summed E-state index contributed by atoms with van der Waals surface area (Å²) in [6.45, 7) is 2.27. The lowest BCUT2D eigenvalue weighted by Gasteiger charge is -2.26. The maximum absolute atomic E-state index is 13.1. The summed E-state index contributed by atoms with van der Waals surface area (Å²) in [5, 5.41) is 2.95. The fraction of sp³-hybridized carbons (Fsp3) is 0.440. The minimum Gasteiger partial charge on any atom is -0.452 e. The van der Waals surface area contributed by atoms with Gasteiger partial charge in [-0.1, -0.05) is 36.8 Å². The summed E-state index contributed by atoms with van der Waals surface area (Å²) in [5.74, 6) is -1.09. The molecule has 176 valence electrons. The van der Waals surface area contributed by atoms with E-state index in [1.807, 2.05) is 18.2 Å². The molecule has 1 fully saturated rings. The van der Waals surface area contributed by atoms with E-state index >= 15 is 0 Å². The molecule has 4 rings (SSSR count). The zero-order chi connectivity index (χ0) is 23.4. The van der Waals surface area contributed by atoms with Gasteiger partial charge in [-0.05, 0) is 67.9 Å². The Labute approximate surface area is 195 Å². The van der Waals surface area contributed by atoms with Gasteiger partial charge in [0.2, 0.25) is 10.0 Å². The second-order valence-electron chi connectivity index (χ2n) is 8.73. The quantitative estimate of drug-likeness (QED) is 0.652. The summed E-state index contributed by atoms with van der Waals surface area (Å²) in [6, 6.07) is 12.4. The van der Waals surface area contributed by atoms with Crippen LogP contribution in [0.15, 0.2) is 47.4 Å². The van der Waals surface area contributed by atoms with Gasteiger partial charge in [0.15, 0.2) is 6.61 Å². The van der Waals surface area contributed by atoms with Crippen LogP contribution in [0.5, 0.6) is 0 Å². The number of hydrogen-bond donors (Lipinski definition) is 1. The number of esters is 1. The van der Waals surface area contributed by atoms with Gasteiger partial charge in [-0.2, -0.15) is 4.31 Å². The standard InChI is InChI=1S/C25H30N2O5S/c1-18-12-13-20(16-23(18)33(30,31)27-14-5-2-6-15-27)25(29)32-17-24(28)26-22-11-7-9-19-8-3-4-10-21(19)22/h3-4,8,10,12-13,16,22H,2,5-7,9,11,14-15,17H2,1H3,(H,26,28)/t22-/m0/s1. The van der Waals surface area contributed by atoms with Crippen LogP contribution in [0.2, 0.25) is 0 Å². The van der Waals surface area contributed by atoms with Crippen LogP contribution in [0.4, 0.5) is 0 Å². The maximum Gasteiger partial charge on any atom is 0.338 e. The Hall–Kier alpha value is -2.71. The summed E-state index contributed by atoms with van der Waals surface area (Å²) < 4.78 is 32.9. The van der Waals surface area contributed by atoms with Crippen molar-refractivity contribution in [2.24, 2.45) is 0 Å². The molecule has 2 aromatic rings. The highest BCUT2D eigenvalue weighted by molar-refractivity contribution is 7.89. The summed E-state index contributed by atoms with van der Waals surface area (Å²) in [5.41, 5.74) is 3.03. The van der Waals surface area contributed by atoms with Gasteiger partial charge in [0.05, 0.1) is 16.5 Å². The van der Waals surface area contributed by atoms with Crippen LogP contribution in [0.3, 0.4) is 0 Å². The Bertz CT molecular complexity index is 1140. The van der Waals surface area contributed by atoms with Gasteiger partial charge in [0.25, 0.3) is 5.91 Å². The van der Waals surface area contributed by atoms with Crippen molar-refractivity contribution in [1.29, 1.82) is 0 Å². The molecule has 8 heteroatoms. The molecule has 0 unspecified atom stereocenters. The number of amides is 1. The predicted molar refractivity (Wildman–Crippen MR) is 124 cm³/mol. The first-order valence-electron chi connectivity index (χ1n) is 11.5. The second-order valence-corrected chi connectivity index (χ2v) is 10.6. The molecule has 1 aliphatic heterocycles. The van der Waals surface area contributed by atoms with E-state index in [0.29, 0.717) is 18.7 Å². The molecule has 1 amide bonds. The largest absolute Gasteiger partial charge is 0.452 e. The third kappa shape index (κ3) is 5.28. The van der Waals surface area contributed by atoms with Crippen LogP contribution in [0.1, 0.15) is 65.2 Å². The number of nitrogens with one attached hydrogen (secondary N) is 1. The van der Waals surface area contributed by atoms with Gasteiger partial charge in [-0.3, -0.25) is 4.79 Å². The highest BCUT2D eigenvalue weighted by atomic mass is 32.2. The number of piperidine rings is 1. The van der Waals surface area contributed by atoms with Crippen molar-refractivity contribution in [3.63, 3.8) is 0 Å². The number of fused-ring (bicyclic) bond motifs is 1. The normalized spacial score (nSPS) is 18.9. The molecule has 0 saturated carbocycles. The van der Waals surface area contributed by atoms with E-state index in [9.17, 15) is 18.0 Å². The Morgan fingerprint density at radius 3 is 2.61 bits per heavy atom. The number of benzene rings is 2. The summed E-state index contributed by atoms with van der Waals surface area (Å²) in [4.78, 5) is 25.2. The molecule has 1 heterocycles. The van der Waals surface area contributed by atoms with Crippen molar-refractivity contribution < 1.29 is 22.7 Å². The zero-order valence-electron chi connectivity index (χ0n) is 18.9. The number of rotatable bonds is 6. The van der Waals surface area contributed by atoms with Gasteiger partial charge >= 0.3 is 5.97 Å². The Morgan fingerprint density at radius 2 is 1.82 bits per heavy atom. The minimum absolute atomic E-state index is 0.0955. The molecule has 2 aromatic carbocycles. The van der Waals surface area contributed by atoms with Gasteiger partial charge in [0.1, 0.15) is 0 Å². The lowest BCUT2D eigenvalue weighted by atomic mass is 9.88. The third-order valence-electron chi connectivity index (χ3n) is 6.40. The molecule has 0 bridgehead atoms. The van der Waals surface area contributed by atoms with E-state index in [2.05, 4.69) is 11.4 Å². The molecule has 0 aromatic heterocycles. The van der Waals surface area contributed by atoms with E-state index in [-0.39, 0.29) is 22.4 Å². The number of carbonyl (C=O) groups excluding carboxylic acids is 2. The van der Waals surface area contributed by atoms with Gasteiger partial charge in [-0.25, -0.2) is 13.2 Å². The maximum atomic E-state index is 13.1. The first-order chi connectivity index (χ1) is 15.9. The number of aryl methyl sites for hydroxylation is 2. The molecule has 1 atom stereocenters. The van der Waals surface area contributed by atoms with E-state index in [0.717, 1.165) is 44.1 Å². The van der Waals surface area contributed by atoms with Crippen LogP contribution in [-0.2, 0) is 26.0 Å². The van der Waals surface area contributed by atoms with Crippen molar-refractivity contribution in [2.75, 3.05) is 19.7 Å². The van der Waals surface area contributed by atoms with Crippen LogP contribution in [-0.4, -0.2) is 44.3 Å². The second kappa shape index (κ2) is 10.1. The predicted octanol–water partition coefficient (Wildman–Crippen LogP) is 3.52. The first kappa shape index (κ1) is 23.4. The smallest absolute Gasteiger partial charge is 0.338 e. The molecule has 1 saturated heterocycles. The van der Waals surface area contributed by atoms with Crippen molar-refractivity contribution in [2.45, 2.75) is 56.4 Å². The minimum atomic E-state index is -3.68. The number of ether oxygens (including phenoxy) is 1. The number of sulfonamides is 1. The highest BCUT2D eigenvalue weighted by Crippen LogP contribution is 2.29. The van der Waals surface area contributed by atoms with Crippen LogP contribution < -0.4 is 5.32 Å².